The number of nitriles is 3. The summed E-state index contributed by atoms with van der Waals surface area (Å²) in [5.74, 6) is 0.0371. The van der Waals surface area contributed by atoms with Crippen LogP contribution in [0.3, 0.4) is 0 Å². The summed E-state index contributed by atoms with van der Waals surface area (Å²) in [6, 6.07) is 13.5. The molecule has 142 valence electrons. The van der Waals surface area contributed by atoms with Crippen LogP contribution in [0.4, 0.5) is 5.69 Å². The van der Waals surface area contributed by atoms with Gasteiger partial charge in [0.05, 0.1) is 6.61 Å². The van der Waals surface area contributed by atoms with Crippen LogP contribution in [0.25, 0.3) is 6.08 Å². The van der Waals surface area contributed by atoms with E-state index in [4.69, 9.17) is 20.4 Å². The summed E-state index contributed by atoms with van der Waals surface area (Å²) >= 11 is 0. The molecule has 0 aromatic heterocycles. The lowest BCUT2D eigenvalue weighted by Crippen LogP contribution is -2.25. The molecule has 1 aliphatic heterocycles. The highest BCUT2D eigenvalue weighted by molar-refractivity contribution is 5.65. The second kappa shape index (κ2) is 8.91. The van der Waals surface area contributed by atoms with E-state index < -0.39 is 5.60 Å². The van der Waals surface area contributed by atoms with E-state index in [9.17, 15) is 5.26 Å². The number of hydrogen-bond donors (Lipinski definition) is 1. The van der Waals surface area contributed by atoms with Crippen molar-refractivity contribution < 1.29 is 9.84 Å². The molecule has 6 nitrogen and oxygen atoms in total. The largest absolute Gasteiger partial charge is 0.480 e. The number of likely N-dealkylation sites (N-methyl/N-ethyl adjacent to an activating group) is 1. The Labute approximate surface area is 165 Å². The number of ether oxygens (including phenoxy) is 1. The van der Waals surface area contributed by atoms with Gasteiger partial charge in [0.15, 0.2) is 11.3 Å². The van der Waals surface area contributed by atoms with Crippen LogP contribution in [-0.2, 0) is 4.74 Å². The first kappa shape index (κ1) is 20.8. The average molecular weight is 374 g/mol. The number of benzene rings is 1. The van der Waals surface area contributed by atoms with Crippen LogP contribution >= 0.6 is 0 Å². The van der Waals surface area contributed by atoms with Crippen LogP contribution < -0.4 is 4.90 Å². The Kier molecular flexibility index (Phi) is 6.61. The Hall–Kier alpha value is -3.53. The lowest BCUT2D eigenvalue weighted by atomic mass is 9.94. The Morgan fingerprint density at radius 1 is 1.14 bits per heavy atom. The van der Waals surface area contributed by atoms with Gasteiger partial charge in [-0.05, 0) is 38.5 Å². The Bertz CT molecular complexity index is 932. The quantitative estimate of drug-likeness (QED) is 0.765. The molecule has 1 heterocycles. The minimum atomic E-state index is -0.823. The number of allylic oxidation sites excluding steroid dienone is 2. The summed E-state index contributed by atoms with van der Waals surface area (Å²) < 4.78 is 5.75. The van der Waals surface area contributed by atoms with Crippen LogP contribution in [0.2, 0.25) is 0 Å². The molecule has 2 rings (SSSR count). The van der Waals surface area contributed by atoms with E-state index in [1.54, 1.807) is 32.1 Å². The highest BCUT2D eigenvalue weighted by atomic mass is 16.5. The van der Waals surface area contributed by atoms with Crippen molar-refractivity contribution in [2.75, 3.05) is 24.6 Å². The standard InChI is InChI=1S/C22H22N4O2/c1-4-26(11-12-27)18-8-5-16(6-9-18)7-10-20-19(15-25)21(17(13-23)14-24)28-22(20,2)3/h5-10,27H,4,11-12H2,1-3H3/b10-7+. The maximum Gasteiger partial charge on any atom is 0.172 e. The van der Waals surface area contributed by atoms with Crippen molar-refractivity contribution in [3.63, 3.8) is 0 Å². The highest BCUT2D eigenvalue weighted by Gasteiger charge is 2.38. The van der Waals surface area contributed by atoms with Gasteiger partial charge in [0.2, 0.25) is 0 Å². The molecule has 0 fully saturated rings. The summed E-state index contributed by atoms with van der Waals surface area (Å²) in [6.45, 7) is 7.09. The predicted molar refractivity (Wildman–Crippen MR) is 107 cm³/mol. The first-order valence-corrected chi connectivity index (χ1v) is 8.94. The fraction of sp³-hybridized carbons (Fsp3) is 0.318. The number of hydrogen-bond acceptors (Lipinski definition) is 6. The third kappa shape index (κ3) is 4.23. The molecule has 1 aliphatic rings. The summed E-state index contributed by atoms with van der Waals surface area (Å²) in [5.41, 5.74) is 1.75. The van der Waals surface area contributed by atoms with Crippen LogP contribution in [-0.4, -0.2) is 30.4 Å². The topological polar surface area (TPSA) is 104 Å². The van der Waals surface area contributed by atoms with E-state index in [0.29, 0.717) is 12.1 Å². The molecular weight excluding hydrogens is 352 g/mol. The number of anilines is 1. The fourth-order valence-corrected chi connectivity index (χ4v) is 3.05. The van der Waals surface area contributed by atoms with Crippen molar-refractivity contribution in [1.29, 1.82) is 15.8 Å². The lowest BCUT2D eigenvalue weighted by Gasteiger charge is -2.22. The van der Waals surface area contributed by atoms with Gasteiger partial charge in [0, 0.05) is 24.4 Å². The van der Waals surface area contributed by atoms with Gasteiger partial charge in [-0.1, -0.05) is 24.3 Å². The number of aliphatic hydroxyl groups excluding tert-OH is 1. The van der Waals surface area contributed by atoms with Gasteiger partial charge in [-0.3, -0.25) is 0 Å². The summed E-state index contributed by atoms with van der Waals surface area (Å²) in [6.07, 6.45) is 3.66. The van der Waals surface area contributed by atoms with E-state index in [1.165, 1.54) is 0 Å². The molecule has 0 unspecified atom stereocenters. The predicted octanol–water partition coefficient (Wildman–Crippen LogP) is 3.45. The van der Waals surface area contributed by atoms with Gasteiger partial charge in [0.25, 0.3) is 0 Å². The normalized spacial score (nSPS) is 15.0. The molecule has 1 aromatic carbocycles. The SMILES string of the molecule is CCN(CCO)c1ccc(/C=C/C2=C(C#N)C(=C(C#N)C#N)OC2(C)C)cc1. The van der Waals surface area contributed by atoms with E-state index in [2.05, 4.69) is 11.0 Å². The fourth-order valence-electron chi connectivity index (χ4n) is 3.05. The zero-order chi connectivity index (χ0) is 20.7. The van der Waals surface area contributed by atoms with Crippen LogP contribution in [0.5, 0.6) is 0 Å². The molecule has 0 amide bonds. The van der Waals surface area contributed by atoms with Gasteiger partial charge < -0.3 is 14.7 Å². The molecule has 0 spiro atoms. The van der Waals surface area contributed by atoms with Crippen molar-refractivity contribution in [2.45, 2.75) is 26.4 Å². The van der Waals surface area contributed by atoms with Gasteiger partial charge in [-0.2, -0.15) is 15.8 Å². The zero-order valence-electron chi connectivity index (χ0n) is 16.2. The number of aliphatic hydroxyl groups is 1. The lowest BCUT2D eigenvalue weighted by molar-refractivity contribution is 0.0954. The first-order chi connectivity index (χ1) is 13.4. The molecule has 1 N–H and O–H groups in total. The van der Waals surface area contributed by atoms with Crippen LogP contribution in [0.1, 0.15) is 26.3 Å². The average Bonchev–Trinajstić information content (AvgIpc) is 2.95. The van der Waals surface area contributed by atoms with E-state index >= 15 is 0 Å². The van der Waals surface area contributed by atoms with Gasteiger partial charge in [-0.25, -0.2) is 0 Å². The zero-order valence-corrected chi connectivity index (χ0v) is 16.2. The van der Waals surface area contributed by atoms with Crippen molar-refractivity contribution in [3.05, 3.63) is 58.4 Å². The van der Waals surface area contributed by atoms with E-state index in [1.807, 2.05) is 37.3 Å². The van der Waals surface area contributed by atoms with Crippen molar-refractivity contribution >= 4 is 11.8 Å². The molecule has 6 heteroatoms. The summed E-state index contributed by atoms with van der Waals surface area (Å²) in [7, 11) is 0. The molecule has 0 aliphatic carbocycles. The van der Waals surface area contributed by atoms with Gasteiger partial charge in [0.1, 0.15) is 29.4 Å². The Balaban J connectivity index is 2.38. The molecule has 0 atom stereocenters. The minimum absolute atomic E-state index is 0.0371. The molecule has 0 saturated carbocycles. The monoisotopic (exact) mass is 374 g/mol. The van der Waals surface area contributed by atoms with Crippen LogP contribution in [0.15, 0.2) is 52.8 Å². The molecule has 1 aromatic rings. The third-order valence-electron chi connectivity index (χ3n) is 4.52. The highest BCUT2D eigenvalue weighted by Crippen LogP contribution is 2.40. The van der Waals surface area contributed by atoms with Crippen LogP contribution in [0, 0.1) is 34.0 Å². The van der Waals surface area contributed by atoms with Gasteiger partial charge in [-0.15, -0.1) is 0 Å². The number of nitrogens with zero attached hydrogens (tertiary/aromatic N) is 4. The van der Waals surface area contributed by atoms with Crippen molar-refractivity contribution in [3.8, 4) is 18.2 Å². The third-order valence-corrected chi connectivity index (χ3v) is 4.52. The number of rotatable bonds is 6. The van der Waals surface area contributed by atoms with E-state index in [0.717, 1.165) is 17.8 Å². The Morgan fingerprint density at radius 2 is 1.79 bits per heavy atom. The Morgan fingerprint density at radius 3 is 2.29 bits per heavy atom. The minimum Gasteiger partial charge on any atom is -0.480 e. The van der Waals surface area contributed by atoms with E-state index in [-0.39, 0.29) is 23.5 Å². The van der Waals surface area contributed by atoms with Crippen molar-refractivity contribution in [1.82, 2.24) is 0 Å². The molecule has 28 heavy (non-hydrogen) atoms. The smallest absolute Gasteiger partial charge is 0.172 e. The molecule has 0 bridgehead atoms. The summed E-state index contributed by atoms with van der Waals surface area (Å²) in [5, 5.41) is 36.9. The second-order valence-corrected chi connectivity index (χ2v) is 6.67. The molecular formula is C22H22N4O2. The second-order valence-electron chi connectivity index (χ2n) is 6.67. The van der Waals surface area contributed by atoms with Crippen molar-refractivity contribution in [2.24, 2.45) is 0 Å². The molecule has 0 radical (unpaired) electrons. The van der Waals surface area contributed by atoms with Gasteiger partial charge >= 0.3 is 0 Å². The maximum absolute atomic E-state index is 9.55. The maximum atomic E-state index is 9.55. The summed E-state index contributed by atoms with van der Waals surface area (Å²) in [4.78, 5) is 2.07. The first-order valence-electron chi connectivity index (χ1n) is 8.94. The molecule has 0 saturated heterocycles.